The molecule has 1 N–H and O–H groups in total. The van der Waals surface area contributed by atoms with Crippen molar-refractivity contribution in [3.8, 4) is 0 Å². The number of aryl methyl sites for hydroxylation is 1. The van der Waals surface area contributed by atoms with Crippen molar-refractivity contribution in [2.75, 3.05) is 6.54 Å². The predicted molar refractivity (Wildman–Crippen MR) is 84.4 cm³/mol. The van der Waals surface area contributed by atoms with Crippen LogP contribution < -0.4 is 5.32 Å². The van der Waals surface area contributed by atoms with E-state index in [-0.39, 0.29) is 0 Å². The fourth-order valence-corrected chi connectivity index (χ4v) is 4.51. The van der Waals surface area contributed by atoms with Crippen LogP contribution in [0.1, 0.15) is 61.9 Å². The summed E-state index contributed by atoms with van der Waals surface area (Å²) >= 11 is 5.57. The van der Waals surface area contributed by atoms with Gasteiger partial charge in [-0.1, -0.05) is 32.6 Å². The zero-order valence-electron chi connectivity index (χ0n) is 11.5. The highest BCUT2D eigenvalue weighted by molar-refractivity contribution is 9.11. The predicted octanol–water partition coefficient (Wildman–Crippen LogP) is 5.44. The number of halogens is 1. The quantitative estimate of drug-likeness (QED) is 0.732. The Labute approximate surface area is 123 Å². The molecule has 0 spiro atoms. The van der Waals surface area contributed by atoms with Gasteiger partial charge in [-0.15, -0.1) is 11.3 Å². The summed E-state index contributed by atoms with van der Waals surface area (Å²) in [6, 6.07) is 2.93. The summed E-state index contributed by atoms with van der Waals surface area (Å²) in [5.74, 6) is 0.945. The summed E-state index contributed by atoms with van der Waals surface area (Å²) in [5.41, 5.74) is 1.38. The van der Waals surface area contributed by atoms with Gasteiger partial charge in [-0.25, -0.2) is 0 Å². The van der Waals surface area contributed by atoms with Crippen molar-refractivity contribution in [1.82, 2.24) is 5.32 Å². The van der Waals surface area contributed by atoms with E-state index in [2.05, 4.69) is 41.2 Å². The molecular formula is C15H24BrNS. The maximum atomic E-state index is 3.74. The lowest BCUT2D eigenvalue weighted by atomic mass is 9.97. The lowest BCUT2D eigenvalue weighted by Crippen LogP contribution is -2.23. The summed E-state index contributed by atoms with van der Waals surface area (Å²) in [4.78, 5) is 1.51. The fourth-order valence-electron chi connectivity index (χ4n) is 2.85. The Morgan fingerprint density at radius 1 is 1.44 bits per heavy atom. The van der Waals surface area contributed by atoms with Crippen molar-refractivity contribution >= 4 is 27.3 Å². The molecule has 0 bridgehead atoms. The molecule has 3 heteroatoms. The van der Waals surface area contributed by atoms with E-state index in [1.165, 1.54) is 52.8 Å². The van der Waals surface area contributed by atoms with Gasteiger partial charge in [0.25, 0.3) is 0 Å². The molecule has 0 radical (unpaired) electrons. The zero-order chi connectivity index (χ0) is 13.0. The molecule has 0 aromatic carbocycles. The first-order chi connectivity index (χ1) is 8.70. The molecule has 0 aliphatic heterocycles. The molecule has 0 amide bonds. The Morgan fingerprint density at radius 2 is 2.17 bits per heavy atom. The second-order valence-electron chi connectivity index (χ2n) is 5.50. The van der Waals surface area contributed by atoms with E-state index >= 15 is 0 Å². The van der Waals surface area contributed by atoms with Crippen LogP contribution in [0.2, 0.25) is 0 Å². The van der Waals surface area contributed by atoms with Gasteiger partial charge in [-0.3, -0.25) is 0 Å². The Balaban J connectivity index is 2.03. The molecule has 0 saturated heterocycles. The van der Waals surface area contributed by atoms with Gasteiger partial charge in [0.2, 0.25) is 0 Å². The van der Waals surface area contributed by atoms with Crippen LogP contribution in [0.25, 0.3) is 0 Å². The van der Waals surface area contributed by atoms with Crippen LogP contribution in [-0.4, -0.2) is 6.54 Å². The van der Waals surface area contributed by atoms with Crippen LogP contribution in [0.3, 0.4) is 0 Å². The Hall–Kier alpha value is 0.140. The van der Waals surface area contributed by atoms with E-state index in [0.717, 1.165) is 12.5 Å². The van der Waals surface area contributed by atoms with Gasteiger partial charge in [-0.2, -0.15) is 0 Å². The highest BCUT2D eigenvalue weighted by Crippen LogP contribution is 2.37. The second-order valence-corrected chi connectivity index (χ2v) is 7.90. The van der Waals surface area contributed by atoms with Gasteiger partial charge in [0.1, 0.15) is 0 Å². The molecule has 18 heavy (non-hydrogen) atoms. The number of hydrogen-bond acceptors (Lipinski definition) is 2. The molecule has 1 heterocycles. The molecule has 2 rings (SSSR count). The number of hydrogen-bond donors (Lipinski definition) is 1. The van der Waals surface area contributed by atoms with Crippen LogP contribution in [0.4, 0.5) is 0 Å². The number of nitrogens with one attached hydrogen (secondary N) is 1. The molecule has 1 aromatic rings. The van der Waals surface area contributed by atoms with E-state index in [0.29, 0.717) is 6.04 Å². The van der Waals surface area contributed by atoms with Crippen molar-refractivity contribution < 1.29 is 0 Å². The SMILES string of the molecule is CCCNC(CC1CCCC1)c1cc(C)c(Br)s1. The Bertz CT molecular complexity index is 349. The van der Waals surface area contributed by atoms with Crippen LogP contribution >= 0.6 is 27.3 Å². The molecule has 1 saturated carbocycles. The van der Waals surface area contributed by atoms with Gasteiger partial charge in [0.05, 0.1) is 3.79 Å². The molecule has 1 aromatic heterocycles. The Kier molecular flexibility index (Phi) is 5.71. The molecule has 1 atom stereocenters. The Morgan fingerprint density at radius 3 is 2.72 bits per heavy atom. The topological polar surface area (TPSA) is 12.0 Å². The third-order valence-corrected chi connectivity index (χ3v) is 6.15. The molecule has 1 fully saturated rings. The molecule has 1 nitrogen and oxygen atoms in total. The van der Waals surface area contributed by atoms with Crippen molar-refractivity contribution in [2.24, 2.45) is 5.92 Å². The van der Waals surface area contributed by atoms with Gasteiger partial charge < -0.3 is 5.32 Å². The van der Waals surface area contributed by atoms with Gasteiger partial charge >= 0.3 is 0 Å². The van der Waals surface area contributed by atoms with Crippen molar-refractivity contribution in [2.45, 2.75) is 58.4 Å². The maximum Gasteiger partial charge on any atom is 0.0731 e. The normalized spacial score (nSPS) is 18.4. The van der Waals surface area contributed by atoms with Crippen molar-refractivity contribution in [3.63, 3.8) is 0 Å². The molecule has 1 aliphatic rings. The van der Waals surface area contributed by atoms with E-state index < -0.39 is 0 Å². The average Bonchev–Trinajstić information content (AvgIpc) is 2.96. The van der Waals surface area contributed by atoms with E-state index in [9.17, 15) is 0 Å². The minimum Gasteiger partial charge on any atom is -0.309 e. The summed E-state index contributed by atoms with van der Waals surface area (Å²) in [6.45, 7) is 5.57. The van der Waals surface area contributed by atoms with Gasteiger partial charge in [0, 0.05) is 10.9 Å². The minimum absolute atomic E-state index is 0.572. The highest BCUT2D eigenvalue weighted by Gasteiger charge is 2.22. The van der Waals surface area contributed by atoms with Crippen LogP contribution in [0.15, 0.2) is 9.85 Å². The maximum absolute atomic E-state index is 3.74. The van der Waals surface area contributed by atoms with E-state index in [4.69, 9.17) is 0 Å². The minimum atomic E-state index is 0.572. The zero-order valence-corrected chi connectivity index (χ0v) is 13.9. The van der Waals surface area contributed by atoms with E-state index in [1.807, 2.05) is 11.3 Å². The first-order valence-electron chi connectivity index (χ1n) is 7.20. The summed E-state index contributed by atoms with van der Waals surface area (Å²) < 4.78 is 1.30. The highest BCUT2D eigenvalue weighted by atomic mass is 79.9. The number of rotatable bonds is 6. The second kappa shape index (κ2) is 7.06. The average molecular weight is 330 g/mol. The summed E-state index contributed by atoms with van der Waals surface area (Å²) in [6.07, 6.45) is 8.31. The summed E-state index contributed by atoms with van der Waals surface area (Å²) in [5, 5.41) is 3.74. The first-order valence-corrected chi connectivity index (χ1v) is 8.81. The smallest absolute Gasteiger partial charge is 0.0731 e. The monoisotopic (exact) mass is 329 g/mol. The largest absolute Gasteiger partial charge is 0.309 e. The van der Waals surface area contributed by atoms with Crippen molar-refractivity contribution in [3.05, 3.63) is 20.3 Å². The molecule has 102 valence electrons. The number of thiophene rings is 1. The standard InChI is InChI=1S/C15H24BrNS/c1-3-8-17-13(10-12-6-4-5-7-12)14-9-11(2)15(16)18-14/h9,12-13,17H,3-8,10H2,1-2H3. The first kappa shape index (κ1) is 14.5. The van der Waals surface area contributed by atoms with Crippen LogP contribution in [0.5, 0.6) is 0 Å². The van der Waals surface area contributed by atoms with Gasteiger partial charge in [0.15, 0.2) is 0 Å². The van der Waals surface area contributed by atoms with Crippen molar-refractivity contribution in [1.29, 1.82) is 0 Å². The van der Waals surface area contributed by atoms with E-state index in [1.54, 1.807) is 0 Å². The van der Waals surface area contributed by atoms with Gasteiger partial charge in [-0.05, 0) is 59.8 Å². The van der Waals surface area contributed by atoms with Crippen LogP contribution in [-0.2, 0) is 0 Å². The lowest BCUT2D eigenvalue weighted by Gasteiger charge is -2.20. The molecule has 1 unspecified atom stereocenters. The molecule has 1 aliphatic carbocycles. The molecular weight excluding hydrogens is 306 g/mol. The fraction of sp³-hybridized carbons (Fsp3) is 0.733. The third-order valence-electron chi connectivity index (χ3n) is 3.90. The third kappa shape index (κ3) is 3.82. The lowest BCUT2D eigenvalue weighted by molar-refractivity contribution is 0.399. The summed E-state index contributed by atoms with van der Waals surface area (Å²) in [7, 11) is 0. The van der Waals surface area contributed by atoms with Crippen LogP contribution in [0, 0.1) is 12.8 Å².